The molecule has 0 atom stereocenters. The van der Waals surface area contributed by atoms with E-state index in [9.17, 15) is 9.59 Å². The molecule has 0 aliphatic rings. The summed E-state index contributed by atoms with van der Waals surface area (Å²) in [5.74, 6) is 0.490. The van der Waals surface area contributed by atoms with E-state index in [0.29, 0.717) is 29.7 Å². The molecule has 2 aromatic rings. The minimum atomic E-state index is -0.235. The van der Waals surface area contributed by atoms with E-state index in [4.69, 9.17) is 0 Å². The first-order valence-electron chi connectivity index (χ1n) is 7.69. The lowest BCUT2D eigenvalue weighted by molar-refractivity contribution is -0.114. The predicted molar refractivity (Wildman–Crippen MR) is 93.2 cm³/mol. The fourth-order valence-corrected chi connectivity index (χ4v) is 1.96. The van der Waals surface area contributed by atoms with Crippen molar-refractivity contribution in [2.24, 2.45) is 5.92 Å². The van der Waals surface area contributed by atoms with Gasteiger partial charge in [-0.25, -0.2) is 9.97 Å². The number of nitrogens with zero attached hydrogens (tertiary/aromatic N) is 2. The van der Waals surface area contributed by atoms with E-state index in [0.717, 1.165) is 5.69 Å². The van der Waals surface area contributed by atoms with Gasteiger partial charge in [-0.2, -0.15) is 0 Å². The summed E-state index contributed by atoms with van der Waals surface area (Å²) in [7, 11) is 0. The van der Waals surface area contributed by atoms with Gasteiger partial charge in [0.25, 0.3) is 5.91 Å². The second kappa shape index (κ2) is 8.05. The fourth-order valence-electron chi connectivity index (χ4n) is 1.96. The van der Waals surface area contributed by atoms with E-state index >= 15 is 0 Å². The van der Waals surface area contributed by atoms with Crippen LogP contribution in [0.15, 0.2) is 36.7 Å². The van der Waals surface area contributed by atoms with Crippen LogP contribution in [0.25, 0.3) is 0 Å². The molecule has 0 spiro atoms. The number of hydrogen-bond donors (Lipinski definition) is 3. The van der Waals surface area contributed by atoms with Gasteiger partial charge in [-0.15, -0.1) is 0 Å². The monoisotopic (exact) mass is 327 g/mol. The highest BCUT2D eigenvalue weighted by Crippen LogP contribution is 2.19. The summed E-state index contributed by atoms with van der Waals surface area (Å²) < 4.78 is 0. The molecule has 2 rings (SSSR count). The van der Waals surface area contributed by atoms with Gasteiger partial charge in [0.2, 0.25) is 5.91 Å². The van der Waals surface area contributed by atoms with Crippen LogP contribution < -0.4 is 16.0 Å². The zero-order valence-electron chi connectivity index (χ0n) is 14.0. The third-order valence-corrected chi connectivity index (χ3v) is 3.03. The number of benzene rings is 1. The lowest BCUT2D eigenvalue weighted by atomic mass is 10.2. The normalized spacial score (nSPS) is 10.3. The van der Waals surface area contributed by atoms with Crippen molar-refractivity contribution in [3.05, 3.63) is 42.4 Å². The number of carbonyl (C=O) groups excluding carboxylic acids is 2. The van der Waals surface area contributed by atoms with Gasteiger partial charge in [0, 0.05) is 30.9 Å². The van der Waals surface area contributed by atoms with Gasteiger partial charge in [0.1, 0.15) is 17.8 Å². The van der Waals surface area contributed by atoms with E-state index in [1.807, 2.05) is 26.0 Å². The molecule has 1 aromatic carbocycles. The molecule has 2 amide bonds. The van der Waals surface area contributed by atoms with E-state index in [2.05, 4.69) is 25.9 Å². The topological polar surface area (TPSA) is 96.0 Å². The molecule has 126 valence electrons. The summed E-state index contributed by atoms with van der Waals surface area (Å²) >= 11 is 0. The maximum atomic E-state index is 12.1. The number of carbonyl (C=O) groups is 2. The molecular formula is C17H21N5O2. The van der Waals surface area contributed by atoms with Gasteiger partial charge in [-0.3, -0.25) is 9.59 Å². The average molecular weight is 327 g/mol. The van der Waals surface area contributed by atoms with Crippen LogP contribution in [0.5, 0.6) is 0 Å². The average Bonchev–Trinajstić information content (AvgIpc) is 2.52. The highest BCUT2D eigenvalue weighted by molar-refractivity contribution is 5.93. The van der Waals surface area contributed by atoms with Gasteiger partial charge >= 0.3 is 0 Å². The van der Waals surface area contributed by atoms with Crippen molar-refractivity contribution in [3.63, 3.8) is 0 Å². The summed E-state index contributed by atoms with van der Waals surface area (Å²) in [5, 5.41) is 8.62. The molecule has 0 saturated carbocycles. The van der Waals surface area contributed by atoms with Crippen molar-refractivity contribution in [1.29, 1.82) is 0 Å². The quantitative estimate of drug-likeness (QED) is 0.758. The van der Waals surface area contributed by atoms with Crippen LogP contribution in [0.3, 0.4) is 0 Å². The molecule has 3 N–H and O–H groups in total. The smallest absolute Gasteiger partial charge is 0.270 e. The molecule has 7 nitrogen and oxygen atoms in total. The zero-order valence-corrected chi connectivity index (χ0v) is 14.0. The molecule has 0 aliphatic carbocycles. The molecule has 0 fully saturated rings. The van der Waals surface area contributed by atoms with Crippen LogP contribution in [-0.4, -0.2) is 28.3 Å². The Morgan fingerprint density at radius 3 is 2.58 bits per heavy atom. The second-order valence-electron chi connectivity index (χ2n) is 5.78. The lowest BCUT2D eigenvalue weighted by Crippen LogP contribution is -2.28. The maximum absolute atomic E-state index is 12.1. The molecule has 1 heterocycles. The third-order valence-electron chi connectivity index (χ3n) is 3.03. The molecule has 1 aromatic heterocycles. The van der Waals surface area contributed by atoms with Crippen LogP contribution in [-0.2, 0) is 4.79 Å². The first-order chi connectivity index (χ1) is 11.4. The van der Waals surface area contributed by atoms with Gasteiger partial charge in [0.15, 0.2) is 0 Å². The van der Waals surface area contributed by atoms with Gasteiger partial charge in [-0.1, -0.05) is 19.9 Å². The standard InChI is InChI=1S/C17H21N5O2/c1-11(2)9-18-17(24)15-8-16(20-10-19-15)22-14-6-4-5-13(7-14)21-12(3)23/h4-8,10-11H,9H2,1-3H3,(H,18,24)(H,21,23)(H,19,20,22). The zero-order chi connectivity index (χ0) is 17.5. The second-order valence-corrected chi connectivity index (χ2v) is 5.78. The Bertz CT molecular complexity index is 730. The fraction of sp³-hybridized carbons (Fsp3) is 0.294. The Kier molecular flexibility index (Phi) is 5.83. The summed E-state index contributed by atoms with van der Waals surface area (Å²) in [6.07, 6.45) is 1.34. The van der Waals surface area contributed by atoms with Crippen LogP contribution in [0, 0.1) is 5.92 Å². The number of amides is 2. The van der Waals surface area contributed by atoms with E-state index in [1.54, 1.807) is 18.2 Å². The molecule has 0 unspecified atom stereocenters. The largest absolute Gasteiger partial charge is 0.350 e. The van der Waals surface area contributed by atoms with Gasteiger partial charge < -0.3 is 16.0 Å². The van der Waals surface area contributed by atoms with Crippen LogP contribution >= 0.6 is 0 Å². The number of anilines is 3. The molecular weight excluding hydrogens is 306 g/mol. The highest BCUT2D eigenvalue weighted by Gasteiger charge is 2.09. The molecule has 0 saturated heterocycles. The first kappa shape index (κ1) is 17.4. The predicted octanol–water partition coefficient (Wildman–Crippen LogP) is 2.56. The van der Waals surface area contributed by atoms with Crippen LogP contribution in [0.1, 0.15) is 31.3 Å². The Labute approximate surface area is 140 Å². The van der Waals surface area contributed by atoms with Crippen molar-refractivity contribution in [2.45, 2.75) is 20.8 Å². The maximum Gasteiger partial charge on any atom is 0.270 e. The molecule has 24 heavy (non-hydrogen) atoms. The van der Waals surface area contributed by atoms with Crippen molar-refractivity contribution in [3.8, 4) is 0 Å². The number of aromatic nitrogens is 2. The third kappa shape index (κ3) is 5.35. The Hall–Kier alpha value is -2.96. The molecule has 0 aliphatic heterocycles. The van der Waals surface area contributed by atoms with E-state index in [-0.39, 0.29) is 11.8 Å². The minimum absolute atomic E-state index is 0.140. The van der Waals surface area contributed by atoms with E-state index in [1.165, 1.54) is 13.3 Å². The van der Waals surface area contributed by atoms with Crippen LogP contribution in [0.2, 0.25) is 0 Å². The van der Waals surface area contributed by atoms with Crippen LogP contribution in [0.4, 0.5) is 17.2 Å². The van der Waals surface area contributed by atoms with Gasteiger partial charge in [0.05, 0.1) is 0 Å². The summed E-state index contributed by atoms with van der Waals surface area (Å²) in [6, 6.07) is 8.80. The van der Waals surface area contributed by atoms with E-state index < -0.39 is 0 Å². The minimum Gasteiger partial charge on any atom is -0.350 e. The van der Waals surface area contributed by atoms with Gasteiger partial charge in [-0.05, 0) is 24.1 Å². The SMILES string of the molecule is CC(=O)Nc1cccc(Nc2cc(C(=O)NCC(C)C)ncn2)c1. The molecule has 0 radical (unpaired) electrons. The van der Waals surface area contributed by atoms with Crippen molar-refractivity contribution >= 4 is 29.0 Å². The lowest BCUT2D eigenvalue weighted by Gasteiger charge is -2.10. The Balaban J connectivity index is 2.09. The summed E-state index contributed by atoms with van der Waals surface area (Å²) in [4.78, 5) is 31.3. The Morgan fingerprint density at radius 2 is 1.88 bits per heavy atom. The van der Waals surface area contributed by atoms with Crippen molar-refractivity contribution in [2.75, 3.05) is 17.2 Å². The highest BCUT2D eigenvalue weighted by atomic mass is 16.2. The first-order valence-corrected chi connectivity index (χ1v) is 7.69. The number of nitrogens with one attached hydrogen (secondary N) is 3. The summed E-state index contributed by atoms with van der Waals surface area (Å²) in [5.41, 5.74) is 1.72. The number of hydrogen-bond acceptors (Lipinski definition) is 5. The van der Waals surface area contributed by atoms with Crippen molar-refractivity contribution < 1.29 is 9.59 Å². The van der Waals surface area contributed by atoms with Crippen molar-refractivity contribution in [1.82, 2.24) is 15.3 Å². The molecule has 0 bridgehead atoms. The number of rotatable bonds is 6. The summed E-state index contributed by atoms with van der Waals surface area (Å²) in [6.45, 7) is 6.08. The molecule has 7 heteroatoms. The Morgan fingerprint density at radius 1 is 1.12 bits per heavy atom.